The zero-order valence-electron chi connectivity index (χ0n) is 16.4. The predicted molar refractivity (Wildman–Crippen MR) is 102 cm³/mol. The lowest BCUT2D eigenvalue weighted by atomic mass is 10.2. The molecule has 1 unspecified atom stereocenters. The Morgan fingerprint density at radius 3 is 2.54 bits per heavy atom. The number of nitrogens with one attached hydrogen (secondary N) is 2. The number of carbonyl (C=O) groups is 1. The van der Waals surface area contributed by atoms with Crippen LogP contribution < -0.4 is 10.6 Å². The molecule has 1 atom stereocenters. The number of alkyl halides is 3. The molecule has 0 aromatic carbocycles. The number of hydrogen-bond acceptors (Lipinski definition) is 4. The monoisotopic (exact) mass is 400 g/mol. The van der Waals surface area contributed by atoms with Crippen molar-refractivity contribution in [1.29, 1.82) is 0 Å². The molecule has 1 aliphatic rings. The summed E-state index contributed by atoms with van der Waals surface area (Å²) in [6.07, 6.45) is -4.00. The van der Waals surface area contributed by atoms with Crippen molar-refractivity contribution in [3.63, 3.8) is 0 Å². The van der Waals surface area contributed by atoms with Gasteiger partial charge in [0.1, 0.15) is 11.9 Å². The highest BCUT2D eigenvalue weighted by atomic mass is 19.4. The Kier molecular flexibility index (Phi) is 7.61. The zero-order chi connectivity index (χ0) is 20.7. The molecule has 0 aliphatic carbocycles. The van der Waals surface area contributed by atoms with E-state index in [2.05, 4.69) is 20.6 Å². The van der Waals surface area contributed by atoms with Gasteiger partial charge < -0.3 is 15.5 Å². The van der Waals surface area contributed by atoms with Crippen molar-refractivity contribution in [2.45, 2.75) is 32.5 Å². The topological polar surface area (TPSA) is 72.9 Å². The van der Waals surface area contributed by atoms with Crippen LogP contribution in [-0.4, -0.2) is 78.6 Å². The Bertz CT molecular complexity index is 686. The van der Waals surface area contributed by atoms with E-state index < -0.39 is 12.2 Å². The van der Waals surface area contributed by atoms with Gasteiger partial charge in [0.25, 0.3) is 0 Å². The molecule has 0 bridgehead atoms. The summed E-state index contributed by atoms with van der Waals surface area (Å²) in [5.41, 5.74) is 0.815. The standard InChI is InChI=1S/C18H27F3N6O/c1-13-5-4-6-15(24-13)25-16(28)7-8-23-17(22-3)27-11-9-26(10-12-27)14(2)18(19,20)21/h4-6,14H,7-12H2,1-3H3,(H,22,23)(H,24,25,28). The van der Waals surface area contributed by atoms with Crippen molar-refractivity contribution >= 4 is 17.7 Å². The summed E-state index contributed by atoms with van der Waals surface area (Å²) < 4.78 is 38.5. The fourth-order valence-electron chi connectivity index (χ4n) is 2.97. The van der Waals surface area contributed by atoms with Crippen LogP contribution >= 0.6 is 0 Å². The number of guanidine groups is 1. The van der Waals surface area contributed by atoms with Crippen LogP contribution in [0.2, 0.25) is 0 Å². The van der Waals surface area contributed by atoms with E-state index in [0.29, 0.717) is 44.5 Å². The zero-order valence-corrected chi connectivity index (χ0v) is 16.4. The molecule has 0 radical (unpaired) electrons. The lowest BCUT2D eigenvalue weighted by molar-refractivity contribution is -0.181. The number of aryl methyl sites for hydroxylation is 1. The Morgan fingerprint density at radius 1 is 1.29 bits per heavy atom. The molecule has 1 aliphatic heterocycles. The van der Waals surface area contributed by atoms with Crippen molar-refractivity contribution in [2.24, 2.45) is 4.99 Å². The van der Waals surface area contributed by atoms with Crippen LogP contribution in [0, 0.1) is 6.92 Å². The van der Waals surface area contributed by atoms with Gasteiger partial charge in [-0.15, -0.1) is 0 Å². The Morgan fingerprint density at radius 2 is 1.96 bits per heavy atom. The van der Waals surface area contributed by atoms with Gasteiger partial charge in [-0.1, -0.05) is 6.07 Å². The van der Waals surface area contributed by atoms with Crippen LogP contribution in [0.15, 0.2) is 23.2 Å². The third-order valence-corrected chi connectivity index (χ3v) is 4.64. The highest BCUT2D eigenvalue weighted by Crippen LogP contribution is 2.25. The minimum Gasteiger partial charge on any atom is -0.356 e. The van der Waals surface area contributed by atoms with E-state index >= 15 is 0 Å². The number of aliphatic imine (C=N–C) groups is 1. The molecule has 0 saturated carbocycles. The second-order valence-corrected chi connectivity index (χ2v) is 6.68. The SMILES string of the molecule is CN=C(NCCC(=O)Nc1cccc(C)n1)N1CCN(C(C)C(F)(F)F)CC1. The number of hydrogen-bond donors (Lipinski definition) is 2. The van der Waals surface area contributed by atoms with Gasteiger partial charge in [-0.2, -0.15) is 13.2 Å². The van der Waals surface area contributed by atoms with Gasteiger partial charge >= 0.3 is 6.18 Å². The summed E-state index contributed by atoms with van der Waals surface area (Å²) >= 11 is 0. The summed E-state index contributed by atoms with van der Waals surface area (Å²) in [4.78, 5) is 23.7. The summed E-state index contributed by atoms with van der Waals surface area (Å²) in [6.45, 7) is 4.89. The summed E-state index contributed by atoms with van der Waals surface area (Å²) in [5.74, 6) is 0.912. The molecular weight excluding hydrogens is 373 g/mol. The number of carbonyl (C=O) groups excluding carboxylic acids is 1. The van der Waals surface area contributed by atoms with Crippen LogP contribution in [-0.2, 0) is 4.79 Å². The second-order valence-electron chi connectivity index (χ2n) is 6.68. The number of pyridine rings is 1. The maximum atomic E-state index is 12.8. The van der Waals surface area contributed by atoms with Gasteiger partial charge in [-0.05, 0) is 26.0 Å². The van der Waals surface area contributed by atoms with E-state index in [0.717, 1.165) is 5.69 Å². The summed E-state index contributed by atoms with van der Waals surface area (Å²) in [5, 5.41) is 5.83. The normalized spacial score (nSPS) is 17.4. The predicted octanol–water partition coefficient (Wildman–Crippen LogP) is 1.86. The van der Waals surface area contributed by atoms with E-state index in [-0.39, 0.29) is 12.3 Å². The summed E-state index contributed by atoms with van der Waals surface area (Å²) in [6, 6.07) is 3.93. The minimum absolute atomic E-state index is 0.176. The Hall–Kier alpha value is -2.36. The van der Waals surface area contributed by atoms with Gasteiger partial charge in [0.2, 0.25) is 5.91 Å². The van der Waals surface area contributed by atoms with Crippen LogP contribution in [0.5, 0.6) is 0 Å². The van der Waals surface area contributed by atoms with Crippen molar-refractivity contribution in [2.75, 3.05) is 45.1 Å². The van der Waals surface area contributed by atoms with E-state index in [1.807, 2.05) is 24.0 Å². The fourth-order valence-corrected chi connectivity index (χ4v) is 2.97. The Labute approximate surface area is 163 Å². The molecule has 1 aromatic rings. The molecule has 1 amide bonds. The first-order valence-electron chi connectivity index (χ1n) is 9.20. The number of anilines is 1. The van der Waals surface area contributed by atoms with Crippen molar-refractivity contribution in [3.05, 3.63) is 23.9 Å². The molecular formula is C18H27F3N6O. The molecule has 2 N–H and O–H groups in total. The first-order chi connectivity index (χ1) is 13.2. The third-order valence-electron chi connectivity index (χ3n) is 4.64. The first kappa shape index (κ1) is 21.9. The number of piperazine rings is 1. The number of nitrogens with zero attached hydrogens (tertiary/aromatic N) is 4. The lowest BCUT2D eigenvalue weighted by Crippen LogP contribution is -2.56. The van der Waals surface area contributed by atoms with Crippen LogP contribution in [0.3, 0.4) is 0 Å². The van der Waals surface area contributed by atoms with E-state index in [1.54, 1.807) is 13.1 Å². The highest BCUT2D eigenvalue weighted by molar-refractivity contribution is 5.90. The third kappa shape index (κ3) is 6.36. The molecule has 0 spiro atoms. The van der Waals surface area contributed by atoms with E-state index in [1.165, 1.54) is 11.8 Å². The number of halogens is 3. The molecule has 10 heteroatoms. The van der Waals surface area contributed by atoms with Gasteiger partial charge in [-0.3, -0.25) is 14.7 Å². The highest BCUT2D eigenvalue weighted by Gasteiger charge is 2.41. The average molecular weight is 400 g/mol. The molecule has 7 nitrogen and oxygen atoms in total. The average Bonchev–Trinajstić information content (AvgIpc) is 2.64. The van der Waals surface area contributed by atoms with Crippen LogP contribution in [0.4, 0.5) is 19.0 Å². The molecule has 1 saturated heterocycles. The van der Waals surface area contributed by atoms with E-state index in [4.69, 9.17) is 0 Å². The van der Waals surface area contributed by atoms with Crippen LogP contribution in [0.25, 0.3) is 0 Å². The van der Waals surface area contributed by atoms with Gasteiger partial charge in [-0.25, -0.2) is 4.98 Å². The molecule has 1 fully saturated rings. The number of amides is 1. The van der Waals surface area contributed by atoms with Gasteiger partial charge in [0.05, 0.1) is 0 Å². The van der Waals surface area contributed by atoms with Crippen molar-refractivity contribution in [3.8, 4) is 0 Å². The van der Waals surface area contributed by atoms with E-state index in [9.17, 15) is 18.0 Å². The number of rotatable bonds is 5. The first-order valence-corrected chi connectivity index (χ1v) is 9.20. The van der Waals surface area contributed by atoms with Crippen molar-refractivity contribution < 1.29 is 18.0 Å². The fraction of sp³-hybridized carbons (Fsp3) is 0.611. The Balaban J connectivity index is 1.75. The smallest absolute Gasteiger partial charge is 0.356 e. The molecule has 28 heavy (non-hydrogen) atoms. The maximum absolute atomic E-state index is 12.8. The largest absolute Gasteiger partial charge is 0.403 e. The molecule has 156 valence electrons. The maximum Gasteiger partial charge on any atom is 0.403 e. The van der Waals surface area contributed by atoms with Gasteiger partial charge in [0.15, 0.2) is 5.96 Å². The quantitative estimate of drug-likeness (QED) is 0.583. The lowest BCUT2D eigenvalue weighted by Gasteiger charge is -2.39. The molecule has 2 heterocycles. The van der Waals surface area contributed by atoms with Crippen molar-refractivity contribution in [1.82, 2.24) is 20.1 Å². The number of aromatic nitrogens is 1. The van der Waals surface area contributed by atoms with Crippen LogP contribution in [0.1, 0.15) is 19.0 Å². The second kappa shape index (κ2) is 9.72. The molecule has 2 rings (SSSR count). The minimum atomic E-state index is -4.22. The van der Waals surface area contributed by atoms with Gasteiger partial charge in [0, 0.05) is 51.9 Å². The summed E-state index contributed by atoms with van der Waals surface area (Å²) in [7, 11) is 1.61. The molecule has 1 aromatic heterocycles.